The zero-order valence-electron chi connectivity index (χ0n) is 11.0. The van der Waals surface area contributed by atoms with Crippen molar-refractivity contribution in [2.45, 2.75) is 26.7 Å². The van der Waals surface area contributed by atoms with Gasteiger partial charge in [0.05, 0.1) is 0 Å². The minimum absolute atomic E-state index is 0.0238. The van der Waals surface area contributed by atoms with E-state index >= 15 is 0 Å². The second kappa shape index (κ2) is 8.27. The Labute approximate surface area is 117 Å². The van der Waals surface area contributed by atoms with Gasteiger partial charge in [-0.05, 0) is 37.5 Å². The summed E-state index contributed by atoms with van der Waals surface area (Å²) in [6.45, 7) is 6.15. The molecule has 18 heavy (non-hydrogen) atoms. The van der Waals surface area contributed by atoms with Crippen molar-refractivity contribution in [2.75, 3.05) is 19.8 Å². The Hall–Kier alpha value is -0.870. The van der Waals surface area contributed by atoms with Gasteiger partial charge in [-0.1, -0.05) is 28.9 Å². The number of rotatable bonds is 7. The molecule has 100 valence electrons. The van der Waals surface area contributed by atoms with Crippen LogP contribution in [0.25, 0.3) is 0 Å². The number of halogens is 1. The van der Waals surface area contributed by atoms with Gasteiger partial charge in [0, 0.05) is 29.8 Å². The molecular weight excluding hydrogens is 294 g/mol. The Morgan fingerprint density at radius 2 is 2.17 bits per heavy atom. The third-order valence-corrected chi connectivity index (χ3v) is 3.47. The van der Waals surface area contributed by atoms with Crippen molar-refractivity contribution < 1.29 is 9.53 Å². The average molecular weight is 314 g/mol. The van der Waals surface area contributed by atoms with Crippen molar-refractivity contribution in [3.8, 4) is 0 Å². The zero-order valence-corrected chi connectivity index (χ0v) is 12.5. The van der Waals surface area contributed by atoms with Gasteiger partial charge in [0.15, 0.2) is 0 Å². The van der Waals surface area contributed by atoms with Crippen molar-refractivity contribution >= 4 is 21.8 Å². The minimum atomic E-state index is -0.0238. The lowest BCUT2D eigenvalue weighted by Gasteiger charge is -2.09. The minimum Gasteiger partial charge on any atom is -0.381 e. The van der Waals surface area contributed by atoms with Crippen molar-refractivity contribution in [2.24, 2.45) is 0 Å². The Morgan fingerprint density at radius 3 is 2.89 bits per heavy atom. The van der Waals surface area contributed by atoms with Crippen molar-refractivity contribution in [1.82, 2.24) is 5.32 Å². The Morgan fingerprint density at radius 1 is 1.39 bits per heavy atom. The molecule has 1 rings (SSSR count). The van der Waals surface area contributed by atoms with Gasteiger partial charge in [-0.3, -0.25) is 4.79 Å². The van der Waals surface area contributed by atoms with Crippen LogP contribution in [0.5, 0.6) is 0 Å². The molecule has 1 aromatic rings. The summed E-state index contributed by atoms with van der Waals surface area (Å²) < 4.78 is 6.31. The Balaban J connectivity index is 2.35. The van der Waals surface area contributed by atoms with Gasteiger partial charge in [-0.15, -0.1) is 0 Å². The molecule has 0 atom stereocenters. The van der Waals surface area contributed by atoms with Gasteiger partial charge < -0.3 is 10.1 Å². The van der Waals surface area contributed by atoms with Crippen LogP contribution in [0.1, 0.15) is 35.7 Å². The summed E-state index contributed by atoms with van der Waals surface area (Å²) in [5, 5.41) is 2.90. The first kappa shape index (κ1) is 15.2. The predicted molar refractivity (Wildman–Crippen MR) is 76.9 cm³/mol. The third-order valence-electron chi connectivity index (χ3n) is 2.61. The summed E-state index contributed by atoms with van der Waals surface area (Å²) in [5.74, 6) is -0.0238. The molecule has 1 N–H and O–H groups in total. The van der Waals surface area contributed by atoms with Gasteiger partial charge in [-0.2, -0.15) is 0 Å². The molecule has 0 aromatic heterocycles. The largest absolute Gasteiger partial charge is 0.381 e. The highest BCUT2D eigenvalue weighted by Gasteiger charge is 2.09. The van der Waals surface area contributed by atoms with E-state index in [-0.39, 0.29) is 5.91 Å². The van der Waals surface area contributed by atoms with Crippen molar-refractivity contribution in [3.05, 3.63) is 33.8 Å². The average Bonchev–Trinajstić information content (AvgIpc) is 2.36. The van der Waals surface area contributed by atoms with Crippen LogP contribution in [-0.4, -0.2) is 25.7 Å². The monoisotopic (exact) mass is 313 g/mol. The van der Waals surface area contributed by atoms with Crippen LogP contribution in [0.2, 0.25) is 0 Å². The first-order valence-electron chi connectivity index (χ1n) is 6.28. The maximum atomic E-state index is 11.9. The molecule has 0 aliphatic rings. The SMILES string of the molecule is CCCOCCCNC(=O)c1cccc(Br)c1C. The lowest BCUT2D eigenvalue weighted by Crippen LogP contribution is -2.26. The fourth-order valence-electron chi connectivity index (χ4n) is 1.57. The summed E-state index contributed by atoms with van der Waals surface area (Å²) in [7, 11) is 0. The molecule has 0 aliphatic carbocycles. The normalized spacial score (nSPS) is 10.4. The first-order chi connectivity index (χ1) is 8.66. The molecule has 4 heteroatoms. The van der Waals surface area contributed by atoms with E-state index in [1.54, 1.807) is 0 Å². The van der Waals surface area contributed by atoms with Gasteiger partial charge in [0.1, 0.15) is 0 Å². The topological polar surface area (TPSA) is 38.3 Å². The van der Waals surface area contributed by atoms with E-state index in [4.69, 9.17) is 4.74 Å². The van der Waals surface area contributed by atoms with Crippen LogP contribution in [0.3, 0.4) is 0 Å². The molecule has 1 aromatic carbocycles. The molecule has 0 aliphatic heterocycles. The van der Waals surface area contributed by atoms with Gasteiger partial charge in [-0.25, -0.2) is 0 Å². The summed E-state index contributed by atoms with van der Waals surface area (Å²) >= 11 is 3.42. The second-order valence-electron chi connectivity index (χ2n) is 4.13. The van der Waals surface area contributed by atoms with E-state index in [1.165, 1.54) is 0 Å². The second-order valence-corrected chi connectivity index (χ2v) is 4.99. The van der Waals surface area contributed by atoms with Crippen molar-refractivity contribution in [1.29, 1.82) is 0 Å². The molecule has 0 radical (unpaired) electrons. The van der Waals surface area contributed by atoms with Gasteiger partial charge in [0.2, 0.25) is 0 Å². The smallest absolute Gasteiger partial charge is 0.251 e. The number of carbonyl (C=O) groups excluding carboxylic acids is 1. The number of ether oxygens (including phenoxy) is 1. The number of carbonyl (C=O) groups is 1. The van der Waals surface area contributed by atoms with Crippen LogP contribution < -0.4 is 5.32 Å². The highest BCUT2D eigenvalue weighted by atomic mass is 79.9. The van der Waals surface area contributed by atoms with Crippen LogP contribution in [0.15, 0.2) is 22.7 Å². The van der Waals surface area contributed by atoms with E-state index in [9.17, 15) is 4.79 Å². The van der Waals surface area contributed by atoms with E-state index < -0.39 is 0 Å². The van der Waals surface area contributed by atoms with Crippen LogP contribution in [-0.2, 0) is 4.74 Å². The molecule has 0 saturated carbocycles. The first-order valence-corrected chi connectivity index (χ1v) is 7.07. The number of amides is 1. The highest BCUT2D eigenvalue weighted by Crippen LogP contribution is 2.19. The number of benzene rings is 1. The third kappa shape index (κ3) is 4.78. The van der Waals surface area contributed by atoms with E-state index in [0.717, 1.165) is 35.0 Å². The Bertz CT molecular complexity index is 393. The number of hydrogen-bond donors (Lipinski definition) is 1. The standard InChI is InChI=1S/C14H20BrNO2/c1-3-9-18-10-5-8-16-14(17)12-6-4-7-13(15)11(12)2/h4,6-7H,3,5,8-10H2,1-2H3,(H,16,17). The molecular formula is C14H20BrNO2. The molecule has 3 nitrogen and oxygen atoms in total. The summed E-state index contributed by atoms with van der Waals surface area (Å²) in [4.78, 5) is 11.9. The summed E-state index contributed by atoms with van der Waals surface area (Å²) in [6.07, 6.45) is 1.88. The highest BCUT2D eigenvalue weighted by molar-refractivity contribution is 9.10. The molecule has 0 saturated heterocycles. The van der Waals surface area contributed by atoms with Crippen molar-refractivity contribution in [3.63, 3.8) is 0 Å². The molecule has 1 amide bonds. The number of hydrogen-bond acceptors (Lipinski definition) is 2. The Kier molecular flexibility index (Phi) is 6.98. The van der Waals surface area contributed by atoms with Crippen LogP contribution >= 0.6 is 15.9 Å². The van der Waals surface area contributed by atoms with E-state index in [2.05, 4.69) is 28.2 Å². The van der Waals surface area contributed by atoms with Crippen LogP contribution in [0.4, 0.5) is 0 Å². The molecule has 0 bridgehead atoms. The fourth-order valence-corrected chi connectivity index (χ4v) is 1.94. The molecule has 0 heterocycles. The lowest BCUT2D eigenvalue weighted by molar-refractivity contribution is 0.0940. The molecule has 0 spiro atoms. The van der Waals surface area contributed by atoms with E-state index in [1.807, 2.05) is 25.1 Å². The maximum Gasteiger partial charge on any atom is 0.251 e. The maximum absolute atomic E-state index is 11.9. The fraction of sp³-hybridized carbons (Fsp3) is 0.500. The predicted octanol–water partition coefficient (Wildman–Crippen LogP) is 3.30. The lowest BCUT2D eigenvalue weighted by atomic mass is 10.1. The quantitative estimate of drug-likeness (QED) is 0.784. The molecule has 0 fully saturated rings. The van der Waals surface area contributed by atoms with Crippen LogP contribution in [0, 0.1) is 6.92 Å². The molecule has 0 unspecified atom stereocenters. The van der Waals surface area contributed by atoms with E-state index in [0.29, 0.717) is 13.2 Å². The van der Waals surface area contributed by atoms with Gasteiger partial charge >= 0.3 is 0 Å². The zero-order chi connectivity index (χ0) is 13.4. The van der Waals surface area contributed by atoms with Gasteiger partial charge in [0.25, 0.3) is 5.91 Å². The number of nitrogens with one attached hydrogen (secondary N) is 1. The summed E-state index contributed by atoms with van der Waals surface area (Å²) in [5.41, 5.74) is 1.69. The summed E-state index contributed by atoms with van der Waals surface area (Å²) in [6, 6.07) is 5.64.